The quantitative estimate of drug-likeness (QED) is 0.835. The Hall–Kier alpha value is -1.31. The molecule has 126 valence electrons. The van der Waals surface area contributed by atoms with Crippen LogP contribution in [0.1, 0.15) is 19.3 Å². The first kappa shape index (κ1) is 15.2. The predicted molar refractivity (Wildman–Crippen MR) is 86.5 cm³/mol. The van der Waals surface area contributed by atoms with Crippen molar-refractivity contribution in [1.82, 2.24) is 4.31 Å². The normalized spacial score (nSPS) is 31.5. The maximum absolute atomic E-state index is 13.1. The van der Waals surface area contributed by atoms with Crippen molar-refractivity contribution in [3.63, 3.8) is 0 Å². The SMILES string of the molecule is COC[C@H]1CCCN1c1cccc2c1S(=O)(=O)N1CC[C@@H](C1)O2. The van der Waals surface area contributed by atoms with E-state index in [1.54, 1.807) is 17.5 Å². The summed E-state index contributed by atoms with van der Waals surface area (Å²) in [6, 6.07) is 5.78. The molecule has 3 heterocycles. The molecule has 6 nitrogen and oxygen atoms in total. The standard InChI is InChI=1S/C16H22N2O4S/c1-21-11-12-4-3-8-18(12)14-5-2-6-15-16(14)23(19,20)17-9-7-13(10-17)22-15/h2,5-6,12-13H,3-4,7-11H2,1H3/t12-,13+/m1/s1. The molecule has 3 aliphatic heterocycles. The Labute approximate surface area is 137 Å². The second-order valence-corrected chi connectivity index (χ2v) is 8.32. The smallest absolute Gasteiger partial charge is 0.248 e. The van der Waals surface area contributed by atoms with Gasteiger partial charge in [-0.05, 0) is 31.4 Å². The Bertz CT molecular complexity index is 706. The van der Waals surface area contributed by atoms with E-state index in [4.69, 9.17) is 9.47 Å². The molecule has 4 rings (SSSR count). The van der Waals surface area contributed by atoms with E-state index in [0.717, 1.165) is 31.5 Å². The number of benzene rings is 1. The third-order valence-corrected chi connectivity index (χ3v) is 6.94. The van der Waals surface area contributed by atoms with Gasteiger partial charge in [-0.2, -0.15) is 4.31 Å². The molecule has 7 heteroatoms. The zero-order chi connectivity index (χ0) is 16.0. The van der Waals surface area contributed by atoms with Crippen LogP contribution in [-0.2, 0) is 14.8 Å². The van der Waals surface area contributed by atoms with E-state index in [9.17, 15) is 8.42 Å². The molecule has 0 radical (unpaired) electrons. The summed E-state index contributed by atoms with van der Waals surface area (Å²) >= 11 is 0. The molecule has 0 spiro atoms. The van der Waals surface area contributed by atoms with Crippen molar-refractivity contribution in [2.75, 3.05) is 38.3 Å². The third kappa shape index (κ3) is 2.42. The zero-order valence-corrected chi connectivity index (χ0v) is 14.1. The fraction of sp³-hybridized carbons (Fsp3) is 0.625. The van der Waals surface area contributed by atoms with Crippen LogP contribution in [0.25, 0.3) is 0 Å². The van der Waals surface area contributed by atoms with Gasteiger partial charge in [-0.1, -0.05) is 6.07 Å². The second-order valence-electron chi connectivity index (χ2n) is 6.44. The molecule has 0 aliphatic carbocycles. The van der Waals surface area contributed by atoms with Crippen molar-refractivity contribution in [1.29, 1.82) is 0 Å². The van der Waals surface area contributed by atoms with E-state index in [1.807, 2.05) is 12.1 Å². The number of sulfonamides is 1. The summed E-state index contributed by atoms with van der Waals surface area (Å²) in [7, 11) is -1.82. The van der Waals surface area contributed by atoms with Gasteiger partial charge < -0.3 is 14.4 Å². The van der Waals surface area contributed by atoms with Gasteiger partial charge in [-0.25, -0.2) is 8.42 Å². The van der Waals surface area contributed by atoms with Gasteiger partial charge in [-0.15, -0.1) is 0 Å². The van der Waals surface area contributed by atoms with E-state index in [0.29, 0.717) is 30.3 Å². The topological polar surface area (TPSA) is 59.1 Å². The second kappa shape index (κ2) is 5.65. The molecule has 0 N–H and O–H groups in total. The van der Waals surface area contributed by atoms with E-state index in [1.165, 1.54) is 0 Å². The molecular formula is C16H22N2O4S. The van der Waals surface area contributed by atoms with E-state index in [2.05, 4.69) is 4.90 Å². The van der Waals surface area contributed by atoms with Crippen molar-refractivity contribution in [3.05, 3.63) is 18.2 Å². The highest BCUT2D eigenvalue weighted by atomic mass is 32.2. The van der Waals surface area contributed by atoms with Crippen molar-refractivity contribution in [3.8, 4) is 5.75 Å². The van der Waals surface area contributed by atoms with E-state index < -0.39 is 10.0 Å². The fourth-order valence-electron chi connectivity index (χ4n) is 3.92. The number of anilines is 1. The molecule has 23 heavy (non-hydrogen) atoms. The highest BCUT2D eigenvalue weighted by molar-refractivity contribution is 7.89. The minimum atomic E-state index is -3.51. The highest BCUT2D eigenvalue weighted by Gasteiger charge is 2.42. The summed E-state index contributed by atoms with van der Waals surface area (Å²) in [6.07, 6.45) is 2.80. The molecule has 2 fully saturated rings. The molecule has 0 amide bonds. The lowest BCUT2D eigenvalue weighted by Gasteiger charge is -2.29. The molecular weight excluding hydrogens is 316 g/mol. The van der Waals surface area contributed by atoms with Gasteiger partial charge in [0.05, 0.1) is 24.9 Å². The van der Waals surface area contributed by atoms with Crippen molar-refractivity contribution < 1.29 is 17.9 Å². The van der Waals surface area contributed by atoms with Crippen molar-refractivity contribution in [2.45, 2.75) is 36.3 Å². The number of hydrogen-bond acceptors (Lipinski definition) is 5. The maximum Gasteiger partial charge on any atom is 0.248 e. The summed E-state index contributed by atoms with van der Waals surface area (Å²) in [5, 5.41) is 0. The van der Waals surface area contributed by atoms with E-state index >= 15 is 0 Å². The van der Waals surface area contributed by atoms with Crippen LogP contribution in [0, 0.1) is 0 Å². The molecule has 3 atom stereocenters. The Morgan fingerprint density at radius 1 is 1.30 bits per heavy atom. The largest absolute Gasteiger partial charge is 0.487 e. The minimum absolute atomic E-state index is 0.0328. The molecule has 1 unspecified atom stereocenters. The van der Waals surface area contributed by atoms with Crippen LogP contribution in [0.4, 0.5) is 5.69 Å². The predicted octanol–water partition coefficient (Wildman–Crippen LogP) is 1.46. The molecule has 1 aromatic carbocycles. The van der Waals surface area contributed by atoms with Crippen LogP contribution in [-0.4, -0.2) is 58.2 Å². The van der Waals surface area contributed by atoms with Crippen LogP contribution in [0.15, 0.2) is 23.1 Å². The first-order chi connectivity index (χ1) is 11.1. The number of methoxy groups -OCH3 is 1. The van der Waals surface area contributed by atoms with Gasteiger partial charge in [0, 0.05) is 20.2 Å². The molecule has 2 saturated heterocycles. The Kier molecular flexibility index (Phi) is 3.74. The van der Waals surface area contributed by atoms with Gasteiger partial charge in [0.2, 0.25) is 10.0 Å². The summed E-state index contributed by atoms with van der Waals surface area (Å²) in [6.45, 7) is 2.46. The first-order valence-corrected chi connectivity index (χ1v) is 9.60. The number of fused-ring (bicyclic) bond motifs is 3. The average molecular weight is 338 g/mol. The minimum Gasteiger partial charge on any atom is -0.487 e. The summed E-state index contributed by atoms with van der Waals surface area (Å²) in [4.78, 5) is 2.51. The lowest BCUT2D eigenvalue weighted by molar-refractivity contribution is 0.180. The Morgan fingerprint density at radius 2 is 2.17 bits per heavy atom. The lowest BCUT2D eigenvalue weighted by Crippen LogP contribution is -2.35. The molecule has 0 saturated carbocycles. The zero-order valence-electron chi connectivity index (χ0n) is 13.3. The summed E-state index contributed by atoms with van der Waals surface area (Å²) < 4.78 is 39.1. The molecule has 1 aromatic rings. The average Bonchev–Trinajstić information content (AvgIpc) is 3.14. The monoisotopic (exact) mass is 338 g/mol. The summed E-state index contributed by atoms with van der Waals surface area (Å²) in [5.74, 6) is 0.498. The lowest BCUT2D eigenvalue weighted by atomic mass is 10.2. The molecule has 0 aromatic heterocycles. The van der Waals surface area contributed by atoms with Crippen LogP contribution in [0.2, 0.25) is 0 Å². The van der Waals surface area contributed by atoms with Crippen LogP contribution < -0.4 is 9.64 Å². The van der Waals surface area contributed by atoms with Gasteiger partial charge in [0.15, 0.2) is 0 Å². The van der Waals surface area contributed by atoms with E-state index in [-0.39, 0.29) is 12.1 Å². The van der Waals surface area contributed by atoms with Gasteiger partial charge in [0.25, 0.3) is 0 Å². The van der Waals surface area contributed by atoms with Crippen molar-refractivity contribution in [2.24, 2.45) is 0 Å². The van der Waals surface area contributed by atoms with Gasteiger partial charge >= 0.3 is 0 Å². The van der Waals surface area contributed by atoms with Crippen LogP contribution >= 0.6 is 0 Å². The maximum atomic E-state index is 13.1. The summed E-state index contributed by atoms with van der Waals surface area (Å²) in [5.41, 5.74) is 0.759. The third-order valence-electron chi connectivity index (χ3n) is 5.00. The van der Waals surface area contributed by atoms with Gasteiger partial charge in [-0.3, -0.25) is 0 Å². The number of nitrogens with zero attached hydrogens (tertiary/aromatic N) is 2. The Morgan fingerprint density at radius 3 is 3.00 bits per heavy atom. The van der Waals surface area contributed by atoms with Crippen LogP contribution in [0.3, 0.4) is 0 Å². The van der Waals surface area contributed by atoms with Crippen molar-refractivity contribution >= 4 is 15.7 Å². The highest BCUT2D eigenvalue weighted by Crippen LogP contribution is 2.42. The molecule has 3 aliphatic rings. The number of ether oxygens (including phenoxy) is 2. The molecule has 2 bridgehead atoms. The Balaban J connectivity index is 1.83. The number of hydrogen-bond donors (Lipinski definition) is 0. The fourth-order valence-corrected chi connectivity index (χ4v) is 5.71. The van der Waals surface area contributed by atoms with Crippen LogP contribution in [0.5, 0.6) is 5.75 Å². The van der Waals surface area contributed by atoms with Gasteiger partial charge in [0.1, 0.15) is 16.7 Å². The number of rotatable bonds is 3. The first-order valence-electron chi connectivity index (χ1n) is 8.16.